The summed E-state index contributed by atoms with van der Waals surface area (Å²) in [6, 6.07) is 17.6. The lowest BCUT2D eigenvalue weighted by Gasteiger charge is -2.40. The molecule has 0 spiro atoms. The van der Waals surface area contributed by atoms with Gasteiger partial charge in [-0.05, 0) is 67.9 Å². The minimum atomic E-state index is -0.617. The summed E-state index contributed by atoms with van der Waals surface area (Å²) in [5, 5.41) is 10.0. The zero-order valence-corrected chi connectivity index (χ0v) is 24.0. The number of fused-ring (bicyclic) bond motifs is 1. The maximum atomic E-state index is 14.0. The molecule has 212 valence electrons. The Bertz CT molecular complexity index is 1640. The molecule has 0 aliphatic carbocycles. The predicted molar refractivity (Wildman–Crippen MR) is 158 cm³/mol. The van der Waals surface area contributed by atoms with Crippen molar-refractivity contribution in [2.75, 3.05) is 25.1 Å². The first-order valence-electron chi connectivity index (χ1n) is 13.7. The molecule has 1 aromatic heterocycles. The highest BCUT2D eigenvalue weighted by atomic mass is 19.1. The summed E-state index contributed by atoms with van der Waals surface area (Å²) in [5.41, 5.74) is 5.14. The van der Waals surface area contributed by atoms with Gasteiger partial charge in [0.1, 0.15) is 5.82 Å². The van der Waals surface area contributed by atoms with Crippen LogP contribution in [0.2, 0.25) is 0 Å². The summed E-state index contributed by atoms with van der Waals surface area (Å²) < 4.78 is 27.0. The summed E-state index contributed by atoms with van der Waals surface area (Å²) in [5.74, 6) is -0.858. The molecule has 1 fully saturated rings. The van der Waals surface area contributed by atoms with Crippen LogP contribution in [0.25, 0.3) is 27.7 Å². The summed E-state index contributed by atoms with van der Waals surface area (Å²) in [4.78, 5) is 25.4. The second-order valence-corrected chi connectivity index (χ2v) is 11.7. The molecule has 0 unspecified atom stereocenters. The minimum Gasteiger partial charge on any atom is -0.462 e. The summed E-state index contributed by atoms with van der Waals surface area (Å²) in [7, 11) is 0. The number of benzene rings is 3. The van der Waals surface area contributed by atoms with Gasteiger partial charge in [-0.3, -0.25) is 10.2 Å². The van der Waals surface area contributed by atoms with Crippen molar-refractivity contribution in [1.29, 1.82) is 0 Å². The molecule has 7 nitrogen and oxygen atoms in total. The first kappa shape index (κ1) is 28.2. The Morgan fingerprint density at radius 1 is 1.10 bits per heavy atom. The fourth-order valence-electron chi connectivity index (χ4n) is 5.16. The van der Waals surface area contributed by atoms with Crippen molar-refractivity contribution < 1.29 is 28.9 Å². The first-order chi connectivity index (χ1) is 19.5. The second kappa shape index (κ2) is 10.6. The Hall–Kier alpha value is -4.30. The number of carbonyl (C=O) groups excluding carboxylic acids is 2. The Kier molecular flexibility index (Phi) is 7.30. The first-order valence-corrected chi connectivity index (χ1v) is 13.7. The van der Waals surface area contributed by atoms with Gasteiger partial charge in [-0.2, -0.15) is 0 Å². The van der Waals surface area contributed by atoms with Crippen LogP contribution in [0.5, 0.6) is 0 Å². The van der Waals surface area contributed by atoms with Crippen LogP contribution in [0.1, 0.15) is 56.2 Å². The molecule has 3 N–H and O–H groups in total. The molecule has 4 aromatic rings. The van der Waals surface area contributed by atoms with E-state index in [4.69, 9.17) is 14.9 Å². The third kappa shape index (κ3) is 5.15. The van der Waals surface area contributed by atoms with E-state index in [1.807, 2.05) is 45.0 Å². The van der Waals surface area contributed by atoms with E-state index in [-0.39, 0.29) is 29.7 Å². The van der Waals surface area contributed by atoms with Crippen LogP contribution in [0.15, 0.2) is 60.7 Å². The van der Waals surface area contributed by atoms with Crippen molar-refractivity contribution in [2.24, 2.45) is 5.41 Å². The van der Waals surface area contributed by atoms with Crippen LogP contribution in [0.4, 0.5) is 10.1 Å². The molecular weight excluding hydrogens is 521 g/mol. The topological polar surface area (TPSA) is 95.2 Å². The number of hydrogen-bond donors (Lipinski definition) is 2. The molecule has 1 saturated heterocycles. The van der Waals surface area contributed by atoms with Crippen LogP contribution < -0.4 is 10.7 Å². The van der Waals surface area contributed by atoms with E-state index in [1.165, 1.54) is 18.3 Å². The van der Waals surface area contributed by atoms with Gasteiger partial charge in [0, 0.05) is 27.7 Å². The fraction of sp³-hybridized carbons (Fsp3) is 0.303. The Morgan fingerprint density at radius 3 is 2.29 bits per heavy atom. The molecule has 0 saturated carbocycles. The maximum Gasteiger partial charge on any atom is 0.338 e. The number of hydrogen-bond acceptors (Lipinski definition) is 4. The van der Waals surface area contributed by atoms with Crippen molar-refractivity contribution in [2.45, 2.75) is 40.0 Å². The normalized spacial score (nSPS) is 14.4. The summed E-state index contributed by atoms with van der Waals surface area (Å²) in [6.07, 6.45) is 1.47. The van der Waals surface area contributed by atoms with Crippen LogP contribution in [0.3, 0.4) is 0 Å². The number of anilines is 1. The van der Waals surface area contributed by atoms with E-state index in [2.05, 4.69) is 16.8 Å². The van der Waals surface area contributed by atoms with Crippen molar-refractivity contribution in [3.8, 4) is 16.8 Å². The molecule has 8 heteroatoms. The number of halogens is 1. The van der Waals surface area contributed by atoms with E-state index < -0.39 is 5.41 Å². The van der Waals surface area contributed by atoms with Gasteiger partial charge in [0.25, 0.3) is 0 Å². The van der Waals surface area contributed by atoms with Crippen molar-refractivity contribution in [3.05, 3.63) is 83.3 Å². The molecule has 1 aliphatic heterocycles. The molecule has 0 radical (unpaired) electrons. The van der Waals surface area contributed by atoms with Crippen LogP contribution in [0, 0.1) is 11.2 Å². The maximum absolute atomic E-state index is 14.0. The fourth-order valence-corrected chi connectivity index (χ4v) is 5.16. The number of esters is 1. The highest BCUT2D eigenvalue weighted by Crippen LogP contribution is 2.46. The van der Waals surface area contributed by atoms with Gasteiger partial charge in [-0.15, -0.1) is 0 Å². The lowest BCUT2D eigenvalue weighted by Crippen LogP contribution is -2.45. The summed E-state index contributed by atoms with van der Waals surface area (Å²) >= 11 is 0. The highest BCUT2D eigenvalue weighted by molar-refractivity contribution is 6.08. The molecule has 0 atom stereocenters. The Morgan fingerprint density at radius 2 is 1.76 bits per heavy atom. The summed E-state index contributed by atoms with van der Waals surface area (Å²) in [6.45, 7) is 10.8. The SMILES string of the molecule is CCOC(=O)c1ccc(-c2c(C3(C)COC3)n(-c3ccc(F)cc3)c3cc(C=[NH2+])c(NC(=O)C(C)(C)C)cc23)cc1. The van der Waals surface area contributed by atoms with E-state index >= 15 is 0 Å². The Labute approximate surface area is 238 Å². The third-order valence-electron chi connectivity index (χ3n) is 7.43. The van der Waals surface area contributed by atoms with Crippen LogP contribution in [-0.4, -0.2) is 42.5 Å². The zero-order valence-electron chi connectivity index (χ0n) is 24.0. The smallest absolute Gasteiger partial charge is 0.338 e. The molecule has 5 rings (SSSR count). The highest BCUT2D eigenvalue weighted by Gasteiger charge is 2.42. The van der Waals surface area contributed by atoms with Crippen LogP contribution in [-0.2, 0) is 19.7 Å². The number of amides is 1. The average molecular weight is 557 g/mol. The van der Waals surface area contributed by atoms with Gasteiger partial charge in [0.05, 0.1) is 47.6 Å². The quantitative estimate of drug-likeness (QED) is 0.246. The zero-order chi connectivity index (χ0) is 29.5. The number of ether oxygens (including phenoxy) is 2. The van der Waals surface area contributed by atoms with E-state index in [0.29, 0.717) is 30.0 Å². The van der Waals surface area contributed by atoms with E-state index in [0.717, 1.165) is 33.4 Å². The predicted octanol–water partition coefficient (Wildman–Crippen LogP) is 5.06. The average Bonchev–Trinajstić information content (AvgIpc) is 3.25. The number of carbonyl (C=O) groups is 2. The van der Waals surface area contributed by atoms with Gasteiger partial charge in [-0.25, -0.2) is 9.18 Å². The van der Waals surface area contributed by atoms with Gasteiger partial charge in [0.15, 0.2) is 6.21 Å². The van der Waals surface area contributed by atoms with Crippen molar-refractivity contribution >= 4 is 34.7 Å². The molecule has 3 aromatic carbocycles. The van der Waals surface area contributed by atoms with Crippen molar-refractivity contribution in [3.63, 3.8) is 0 Å². The molecule has 2 heterocycles. The van der Waals surface area contributed by atoms with Gasteiger partial charge in [0.2, 0.25) is 5.91 Å². The molecule has 41 heavy (non-hydrogen) atoms. The third-order valence-corrected chi connectivity index (χ3v) is 7.43. The van der Waals surface area contributed by atoms with Gasteiger partial charge in [-0.1, -0.05) is 32.9 Å². The molecule has 1 amide bonds. The number of nitrogens with two attached hydrogens (primary N) is 1. The molecule has 0 bridgehead atoms. The molecule has 1 aliphatic rings. The van der Waals surface area contributed by atoms with E-state index in [1.54, 1.807) is 31.2 Å². The number of aromatic nitrogens is 1. The minimum absolute atomic E-state index is 0.141. The second-order valence-electron chi connectivity index (χ2n) is 11.7. The number of rotatable bonds is 7. The monoisotopic (exact) mass is 556 g/mol. The van der Waals surface area contributed by atoms with Gasteiger partial charge < -0.3 is 19.4 Å². The van der Waals surface area contributed by atoms with Crippen molar-refractivity contribution in [1.82, 2.24) is 4.57 Å². The van der Waals surface area contributed by atoms with Crippen LogP contribution >= 0.6 is 0 Å². The standard InChI is InChI=1S/C33H34FN3O4/c1-6-41-30(38)21-9-7-20(8-10-21)28-25-16-26(36-31(39)32(2,3)4)22(17-35)15-27(25)37(24-13-11-23(34)12-14-24)29(28)33(5)18-40-19-33/h7-17,35H,6,18-19H2,1-5H3,(H,36,39)/p+1. The van der Waals surface area contributed by atoms with E-state index in [9.17, 15) is 14.0 Å². The number of nitrogens with zero attached hydrogens (tertiary/aromatic N) is 1. The lowest BCUT2D eigenvalue weighted by atomic mass is 9.80. The van der Waals surface area contributed by atoms with Gasteiger partial charge >= 0.3 is 5.97 Å². The number of nitrogens with one attached hydrogen (secondary N) is 1. The molecular formula is C33H35FN3O4+. The lowest BCUT2D eigenvalue weighted by molar-refractivity contribution is -0.123. The largest absolute Gasteiger partial charge is 0.462 e. The Balaban J connectivity index is 1.84.